The van der Waals surface area contributed by atoms with Crippen LogP contribution in [0.1, 0.15) is 4.88 Å². The van der Waals surface area contributed by atoms with Gasteiger partial charge in [0.2, 0.25) is 0 Å². The molecular formula is C17H12ClN3O2S3. The van der Waals surface area contributed by atoms with Gasteiger partial charge in [0.05, 0.1) is 15.1 Å². The standard InChI is InChI=1S/C17H12ClN3O2S3/c1-10-9-19-16(24-10)11-2-5-13(6-3-11)26(22,23)21-17-20-14-8-12(18)4-7-15(14)25-17/h2-9H,1H3,(H,20,21). The van der Waals surface area contributed by atoms with E-state index in [1.165, 1.54) is 11.3 Å². The number of thiazole rings is 2. The number of rotatable bonds is 4. The van der Waals surface area contributed by atoms with Crippen LogP contribution >= 0.6 is 34.3 Å². The molecule has 5 nitrogen and oxygen atoms in total. The van der Waals surface area contributed by atoms with E-state index in [1.54, 1.807) is 53.9 Å². The number of fused-ring (bicyclic) bond motifs is 1. The van der Waals surface area contributed by atoms with E-state index in [-0.39, 0.29) is 4.90 Å². The minimum Gasteiger partial charge on any atom is -0.255 e. The van der Waals surface area contributed by atoms with Gasteiger partial charge in [-0.2, -0.15) is 0 Å². The molecule has 0 aliphatic carbocycles. The Morgan fingerprint density at radius 3 is 2.54 bits per heavy atom. The van der Waals surface area contributed by atoms with Gasteiger partial charge >= 0.3 is 0 Å². The van der Waals surface area contributed by atoms with E-state index in [0.717, 1.165) is 20.1 Å². The molecule has 0 radical (unpaired) electrons. The lowest BCUT2D eigenvalue weighted by Crippen LogP contribution is -2.12. The number of sulfonamides is 1. The summed E-state index contributed by atoms with van der Waals surface area (Å²) >= 11 is 8.77. The van der Waals surface area contributed by atoms with Gasteiger partial charge in [-0.15, -0.1) is 11.3 Å². The fourth-order valence-corrected chi connectivity index (χ4v) is 5.40. The third-order valence-electron chi connectivity index (χ3n) is 3.60. The summed E-state index contributed by atoms with van der Waals surface area (Å²) in [6, 6.07) is 11.9. The van der Waals surface area contributed by atoms with Crippen molar-refractivity contribution in [1.82, 2.24) is 9.97 Å². The van der Waals surface area contributed by atoms with Crippen LogP contribution in [-0.4, -0.2) is 18.4 Å². The first kappa shape index (κ1) is 17.4. The number of halogens is 1. The van der Waals surface area contributed by atoms with Crippen LogP contribution in [0, 0.1) is 6.92 Å². The summed E-state index contributed by atoms with van der Waals surface area (Å²) in [6.45, 7) is 1.98. The molecule has 1 N–H and O–H groups in total. The van der Waals surface area contributed by atoms with Crippen LogP contribution < -0.4 is 4.72 Å². The molecule has 0 saturated carbocycles. The lowest BCUT2D eigenvalue weighted by Gasteiger charge is -2.05. The molecule has 9 heteroatoms. The molecule has 0 atom stereocenters. The first-order valence-electron chi connectivity index (χ1n) is 7.52. The fourth-order valence-electron chi connectivity index (χ4n) is 2.38. The maximum Gasteiger partial charge on any atom is 0.263 e. The molecule has 0 bridgehead atoms. The van der Waals surface area contributed by atoms with Gasteiger partial charge < -0.3 is 0 Å². The van der Waals surface area contributed by atoms with Gasteiger partial charge in [0, 0.05) is 21.7 Å². The first-order valence-corrected chi connectivity index (χ1v) is 11.0. The average Bonchev–Trinajstić information content (AvgIpc) is 3.19. The number of aromatic nitrogens is 2. The minimum absolute atomic E-state index is 0.173. The van der Waals surface area contributed by atoms with Crippen LogP contribution in [0.3, 0.4) is 0 Å². The van der Waals surface area contributed by atoms with Crippen molar-refractivity contribution in [3.63, 3.8) is 0 Å². The summed E-state index contributed by atoms with van der Waals surface area (Å²) in [6.07, 6.45) is 1.80. The van der Waals surface area contributed by atoms with Gasteiger partial charge in [-0.05, 0) is 37.3 Å². The molecule has 0 amide bonds. The van der Waals surface area contributed by atoms with Crippen LogP contribution in [0.2, 0.25) is 5.02 Å². The van der Waals surface area contributed by atoms with E-state index in [2.05, 4.69) is 14.7 Å². The van der Waals surface area contributed by atoms with E-state index in [0.29, 0.717) is 15.7 Å². The number of nitrogens with one attached hydrogen (secondary N) is 1. The molecule has 0 unspecified atom stereocenters. The second kappa shape index (κ2) is 6.62. The summed E-state index contributed by atoms with van der Waals surface area (Å²) in [4.78, 5) is 9.88. The van der Waals surface area contributed by atoms with Crippen molar-refractivity contribution in [2.24, 2.45) is 0 Å². The number of hydrogen-bond acceptors (Lipinski definition) is 6. The zero-order valence-corrected chi connectivity index (χ0v) is 16.6. The van der Waals surface area contributed by atoms with Crippen molar-refractivity contribution in [2.45, 2.75) is 11.8 Å². The lowest BCUT2D eigenvalue weighted by molar-refractivity contribution is 0.601. The van der Waals surface area contributed by atoms with Crippen molar-refractivity contribution in [3.05, 3.63) is 58.6 Å². The van der Waals surface area contributed by atoms with Crippen molar-refractivity contribution < 1.29 is 8.42 Å². The van der Waals surface area contributed by atoms with Gasteiger partial charge in [-0.25, -0.2) is 18.4 Å². The zero-order valence-electron chi connectivity index (χ0n) is 13.4. The van der Waals surface area contributed by atoms with Gasteiger partial charge in [0.15, 0.2) is 5.13 Å². The molecule has 4 rings (SSSR count). The molecule has 2 aromatic heterocycles. The Bertz CT molecular complexity index is 1200. The maximum absolute atomic E-state index is 12.6. The van der Waals surface area contributed by atoms with Crippen LogP contribution in [0.4, 0.5) is 5.13 Å². The van der Waals surface area contributed by atoms with Crippen molar-refractivity contribution in [2.75, 3.05) is 4.72 Å². The molecule has 0 fully saturated rings. The van der Waals surface area contributed by atoms with Crippen molar-refractivity contribution in [3.8, 4) is 10.6 Å². The van der Waals surface area contributed by atoms with E-state index in [1.807, 2.05) is 13.0 Å². The molecule has 0 spiro atoms. The van der Waals surface area contributed by atoms with Crippen LogP contribution in [0.15, 0.2) is 53.6 Å². The third kappa shape index (κ3) is 3.45. The second-order valence-electron chi connectivity index (χ2n) is 5.54. The summed E-state index contributed by atoms with van der Waals surface area (Å²) in [5.41, 5.74) is 1.55. The number of anilines is 1. The molecule has 0 aliphatic heterocycles. The van der Waals surface area contributed by atoms with E-state index in [4.69, 9.17) is 11.6 Å². The largest absolute Gasteiger partial charge is 0.263 e. The Balaban J connectivity index is 1.61. The highest BCUT2D eigenvalue weighted by Gasteiger charge is 2.17. The quantitative estimate of drug-likeness (QED) is 0.492. The first-order chi connectivity index (χ1) is 12.4. The van der Waals surface area contributed by atoms with Gasteiger partial charge in [-0.3, -0.25) is 4.72 Å². The molecule has 2 aromatic carbocycles. The van der Waals surface area contributed by atoms with Crippen LogP contribution in [0.5, 0.6) is 0 Å². The lowest BCUT2D eigenvalue weighted by atomic mass is 10.2. The van der Waals surface area contributed by atoms with Gasteiger partial charge in [0.1, 0.15) is 5.01 Å². The van der Waals surface area contributed by atoms with Crippen molar-refractivity contribution >= 4 is 59.6 Å². The summed E-state index contributed by atoms with van der Waals surface area (Å²) in [5, 5.41) is 1.73. The predicted octanol–water partition coefficient (Wildman–Crippen LogP) is 5.18. The SMILES string of the molecule is Cc1cnc(-c2ccc(S(=O)(=O)Nc3nc4cc(Cl)ccc4s3)cc2)s1. The Morgan fingerprint density at radius 2 is 1.85 bits per heavy atom. The Morgan fingerprint density at radius 1 is 1.08 bits per heavy atom. The number of nitrogens with zero attached hydrogens (tertiary/aromatic N) is 2. The highest BCUT2D eigenvalue weighted by atomic mass is 35.5. The molecule has 26 heavy (non-hydrogen) atoms. The van der Waals surface area contributed by atoms with E-state index < -0.39 is 10.0 Å². The zero-order chi connectivity index (χ0) is 18.3. The molecule has 0 aliphatic rings. The Labute approximate surface area is 163 Å². The number of aryl methyl sites for hydroxylation is 1. The highest BCUT2D eigenvalue weighted by molar-refractivity contribution is 7.93. The monoisotopic (exact) mass is 421 g/mol. The Hall–Kier alpha value is -2.00. The summed E-state index contributed by atoms with van der Waals surface area (Å²) in [5.74, 6) is 0. The van der Waals surface area contributed by atoms with E-state index in [9.17, 15) is 8.42 Å². The highest BCUT2D eigenvalue weighted by Crippen LogP contribution is 2.30. The summed E-state index contributed by atoms with van der Waals surface area (Å²) in [7, 11) is -3.72. The van der Waals surface area contributed by atoms with E-state index >= 15 is 0 Å². The molecule has 2 heterocycles. The predicted molar refractivity (Wildman–Crippen MR) is 108 cm³/mol. The van der Waals surface area contributed by atoms with Gasteiger partial charge in [-0.1, -0.05) is 35.1 Å². The molecular weight excluding hydrogens is 410 g/mol. The fraction of sp³-hybridized carbons (Fsp3) is 0.0588. The summed E-state index contributed by atoms with van der Waals surface area (Å²) < 4.78 is 28.6. The molecule has 4 aromatic rings. The molecule has 0 saturated heterocycles. The van der Waals surface area contributed by atoms with Gasteiger partial charge in [0.25, 0.3) is 10.0 Å². The second-order valence-corrected chi connectivity index (χ2v) is 9.92. The Kier molecular flexibility index (Phi) is 4.44. The normalized spacial score (nSPS) is 11.8. The van der Waals surface area contributed by atoms with Crippen LogP contribution in [-0.2, 0) is 10.0 Å². The third-order valence-corrected chi connectivity index (χ3v) is 7.24. The van der Waals surface area contributed by atoms with Crippen LogP contribution in [0.25, 0.3) is 20.8 Å². The topological polar surface area (TPSA) is 72.0 Å². The molecule has 132 valence electrons. The number of benzene rings is 2. The minimum atomic E-state index is -3.72. The number of hydrogen-bond donors (Lipinski definition) is 1. The average molecular weight is 422 g/mol. The smallest absolute Gasteiger partial charge is 0.255 e. The van der Waals surface area contributed by atoms with Crippen molar-refractivity contribution in [1.29, 1.82) is 0 Å². The maximum atomic E-state index is 12.6.